The average molecular weight is 1170 g/mol. The zero-order chi connectivity index (χ0) is 60.7. The van der Waals surface area contributed by atoms with Gasteiger partial charge in [-0.2, -0.15) is 0 Å². The molecule has 0 aromatic carbocycles. The van der Waals surface area contributed by atoms with Crippen molar-refractivity contribution >= 4 is 17.9 Å². The molecule has 7 fully saturated rings. The molecule has 3 saturated heterocycles. The van der Waals surface area contributed by atoms with Crippen LogP contribution < -0.4 is 0 Å². The van der Waals surface area contributed by atoms with E-state index in [1.165, 1.54) is 0 Å². The van der Waals surface area contributed by atoms with E-state index in [0.29, 0.717) is 43.3 Å². The number of aliphatic hydroxyl groups is 12. The zero-order valence-electron chi connectivity index (χ0n) is 48.5. The molecule has 0 aromatic heterocycles. The molecule has 24 heteroatoms. The summed E-state index contributed by atoms with van der Waals surface area (Å²) < 4.78 is 48.6. The van der Waals surface area contributed by atoms with Gasteiger partial charge in [-0.3, -0.25) is 0 Å². The highest BCUT2D eigenvalue weighted by Crippen LogP contribution is 2.76. The van der Waals surface area contributed by atoms with Crippen molar-refractivity contribution in [3.63, 3.8) is 0 Å². The Morgan fingerprint density at radius 3 is 1.66 bits per heavy atom. The van der Waals surface area contributed by atoms with Crippen LogP contribution in [0.5, 0.6) is 0 Å². The van der Waals surface area contributed by atoms with Crippen molar-refractivity contribution in [2.75, 3.05) is 26.4 Å². The van der Waals surface area contributed by atoms with Gasteiger partial charge in [0.05, 0.1) is 44.1 Å². The van der Waals surface area contributed by atoms with Crippen LogP contribution in [0.2, 0.25) is 0 Å². The van der Waals surface area contributed by atoms with Crippen molar-refractivity contribution in [2.45, 2.75) is 231 Å². The van der Waals surface area contributed by atoms with Gasteiger partial charge in [-0.05, 0) is 107 Å². The second kappa shape index (κ2) is 23.9. The lowest BCUT2D eigenvalue weighted by Gasteiger charge is -2.72. The summed E-state index contributed by atoms with van der Waals surface area (Å²) in [5, 5.41) is 144. The molecule has 0 bridgehead atoms. The fourth-order valence-corrected chi connectivity index (χ4v) is 16.4. The maximum atomic E-state index is 13.8. The minimum absolute atomic E-state index is 0.0973. The molecule has 0 amide bonds. The van der Waals surface area contributed by atoms with E-state index in [2.05, 4.69) is 26.8 Å². The van der Waals surface area contributed by atoms with E-state index in [9.17, 15) is 80.8 Å². The fraction of sp³-hybridized carbons (Fsp3) is 0.845. The number of carboxylic acid groups (broad SMARTS) is 1. The standard InChI is InChI=1S/C58H90O24/c1-11-25(3)48(73)81-45-46(82-49(74)26(4)12-2)58(24-62)28(19-53(45,5)6)27-13-14-32-54(7)17-16-34(55(8,23-61)31(54)15-18-56(32,9)57(27,10)20-33(58)63)77-52-43(79-51-40(69)38(67)36(65)30(22-60)76-51)41(70)42(44(80-52)47(71)72)78-50-39(68)37(66)35(64)29(21-59)75-50/h11-13,28-46,50-52,59-70H,14-24H2,1-10H3,(H,71,72)/b25-11+,26-12-/t28?,29?,30?,31?,32?,33-,34+,35?,36?,37?,38?,39?,40?,41?,42?,43?,44?,45+,46+,50?,51?,52?,54+,55?,56-,57-,58?/m1/s1. The van der Waals surface area contributed by atoms with Crippen molar-refractivity contribution < 1.29 is 119 Å². The number of aliphatic hydroxyl groups excluding tert-OH is 12. The Kier molecular flexibility index (Phi) is 18.9. The van der Waals surface area contributed by atoms with Crippen LogP contribution >= 0.6 is 0 Å². The number of carbonyl (C=O) groups excluding carboxylic acids is 2. The molecule has 0 spiro atoms. The summed E-state index contributed by atoms with van der Waals surface area (Å²) in [5.74, 6) is -3.95. The molecule has 3 aliphatic heterocycles. The monoisotopic (exact) mass is 1170 g/mol. The number of aliphatic carboxylic acids is 1. The molecule has 8 aliphatic rings. The molecule has 0 aromatic rings. The number of carboxylic acids is 1. The highest BCUT2D eigenvalue weighted by molar-refractivity contribution is 5.89. The highest BCUT2D eigenvalue weighted by atomic mass is 16.8. The Balaban J connectivity index is 1.12. The predicted octanol–water partition coefficient (Wildman–Crippen LogP) is -0.375. The number of hydrogen-bond donors (Lipinski definition) is 13. The SMILES string of the molecule is C/C=C(/C)C(=O)O[C@H]1[C@H](OC(=O)/C(C)=C/C)C(C)(C)CC2C3=CCC4[C@@]5(C)CC[C@H](OC6OC(C(=O)O)C(OC7OC(CO)C(O)C(O)C7O)C(O)C6OC6OC(CO)C(O)C(O)C6O)C(C)(CO)C5CC[C@@]4(C)[C@]3(C)C[C@@H](O)C21CO. The van der Waals surface area contributed by atoms with Gasteiger partial charge in [0, 0.05) is 22.0 Å². The summed E-state index contributed by atoms with van der Waals surface area (Å²) in [5.41, 5.74) is -3.63. The fourth-order valence-electron chi connectivity index (χ4n) is 16.4. The molecule has 3 heterocycles. The van der Waals surface area contributed by atoms with E-state index in [1.807, 2.05) is 20.8 Å². The van der Waals surface area contributed by atoms with Crippen molar-refractivity contribution in [3.8, 4) is 0 Å². The Morgan fingerprint density at radius 1 is 0.622 bits per heavy atom. The van der Waals surface area contributed by atoms with Gasteiger partial charge >= 0.3 is 17.9 Å². The highest BCUT2D eigenvalue weighted by Gasteiger charge is 2.74. The lowest BCUT2D eigenvalue weighted by atomic mass is 9.33. The van der Waals surface area contributed by atoms with Gasteiger partial charge in [-0.15, -0.1) is 0 Å². The van der Waals surface area contributed by atoms with Gasteiger partial charge in [0.2, 0.25) is 0 Å². The molecule has 27 atom stereocenters. The molecule has 0 radical (unpaired) electrons. The molecule has 5 aliphatic carbocycles. The first-order valence-corrected chi connectivity index (χ1v) is 28.8. The van der Waals surface area contributed by atoms with Crippen LogP contribution in [0.15, 0.2) is 34.9 Å². The van der Waals surface area contributed by atoms with Crippen LogP contribution in [0, 0.1) is 50.2 Å². The van der Waals surface area contributed by atoms with E-state index >= 15 is 0 Å². The number of fused-ring (bicyclic) bond motifs is 7. The third-order valence-corrected chi connectivity index (χ3v) is 21.7. The lowest BCUT2D eigenvalue weighted by Crippen LogP contribution is -2.72. The van der Waals surface area contributed by atoms with Crippen molar-refractivity contribution in [1.82, 2.24) is 0 Å². The zero-order valence-corrected chi connectivity index (χ0v) is 48.5. The van der Waals surface area contributed by atoms with Crippen LogP contribution in [0.4, 0.5) is 0 Å². The van der Waals surface area contributed by atoms with Crippen molar-refractivity contribution in [2.24, 2.45) is 50.2 Å². The summed E-state index contributed by atoms with van der Waals surface area (Å²) in [7, 11) is 0. The van der Waals surface area contributed by atoms with E-state index in [4.69, 9.17) is 37.9 Å². The Bertz CT molecular complexity index is 2430. The van der Waals surface area contributed by atoms with E-state index in [-0.39, 0.29) is 24.7 Å². The number of allylic oxidation sites excluding steroid dienone is 4. The third-order valence-electron chi connectivity index (χ3n) is 21.7. The first kappa shape index (κ1) is 64.9. The van der Waals surface area contributed by atoms with Crippen LogP contribution in [-0.4, -0.2) is 227 Å². The second-order valence-corrected chi connectivity index (χ2v) is 26.3. The smallest absolute Gasteiger partial charge is 0.335 e. The normalized spacial score (nSPS) is 49.5. The number of carbonyl (C=O) groups is 3. The third kappa shape index (κ3) is 10.4. The molecule has 20 unspecified atom stereocenters. The van der Waals surface area contributed by atoms with E-state index in [1.54, 1.807) is 39.8 Å². The quantitative estimate of drug-likeness (QED) is 0.0430. The van der Waals surface area contributed by atoms with Crippen LogP contribution in [0.3, 0.4) is 0 Å². The Morgan fingerprint density at radius 2 is 1.16 bits per heavy atom. The predicted molar refractivity (Wildman–Crippen MR) is 283 cm³/mol. The van der Waals surface area contributed by atoms with Gasteiger partial charge in [0.25, 0.3) is 0 Å². The molecule has 24 nitrogen and oxygen atoms in total. The minimum Gasteiger partial charge on any atom is -0.479 e. The largest absolute Gasteiger partial charge is 0.479 e. The lowest BCUT2D eigenvalue weighted by molar-refractivity contribution is -0.392. The number of hydrogen-bond acceptors (Lipinski definition) is 23. The second-order valence-electron chi connectivity index (χ2n) is 26.3. The summed E-state index contributed by atoms with van der Waals surface area (Å²) in [6.45, 7) is 16.2. The Hall–Kier alpha value is -3.09. The van der Waals surface area contributed by atoms with E-state index < -0.39 is 199 Å². The number of ether oxygens (including phenoxy) is 8. The average Bonchev–Trinajstić information content (AvgIpc) is 1.78. The number of esters is 2. The van der Waals surface area contributed by atoms with Crippen molar-refractivity contribution in [1.29, 1.82) is 0 Å². The van der Waals surface area contributed by atoms with Gasteiger partial charge in [0.15, 0.2) is 31.1 Å². The molecule has 13 N–H and O–H groups in total. The first-order valence-electron chi connectivity index (χ1n) is 28.8. The van der Waals surface area contributed by atoms with E-state index in [0.717, 1.165) is 5.57 Å². The van der Waals surface area contributed by atoms with Gasteiger partial charge in [-0.25, -0.2) is 14.4 Å². The Labute approximate surface area is 477 Å². The molecule has 466 valence electrons. The van der Waals surface area contributed by atoms with Gasteiger partial charge in [0.1, 0.15) is 73.2 Å². The topological polar surface area (TPSA) is 388 Å². The van der Waals surface area contributed by atoms with Gasteiger partial charge < -0.3 is 104 Å². The number of rotatable bonds is 15. The molecule has 82 heavy (non-hydrogen) atoms. The maximum absolute atomic E-state index is 13.8. The van der Waals surface area contributed by atoms with Crippen LogP contribution in [0.25, 0.3) is 0 Å². The first-order chi connectivity index (χ1) is 38.4. The molecule has 8 rings (SSSR count). The van der Waals surface area contributed by atoms with Crippen LogP contribution in [0.1, 0.15) is 114 Å². The maximum Gasteiger partial charge on any atom is 0.335 e. The molecule has 4 saturated carbocycles. The minimum atomic E-state index is -2.18. The van der Waals surface area contributed by atoms with Crippen molar-refractivity contribution in [3.05, 3.63) is 34.9 Å². The summed E-state index contributed by atoms with van der Waals surface area (Å²) in [6.07, 6.45) is -25.1. The molecular formula is C58H90O24. The van der Waals surface area contributed by atoms with Crippen LogP contribution in [-0.2, 0) is 52.3 Å². The summed E-state index contributed by atoms with van der Waals surface area (Å²) in [4.78, 5) is 40.6. The van der Waals surface area contributed by atoms with Gasteiger partial charge in [-0.1, -0.05) is 65.3 Å². The summed E-state index contributed by atoms with van der Waals surface area (Å²) in [6, 6.07) is 0. The molecular weight excluding hydrogens is 1080 g/mol. The summed E-state index contributed by atoms with van der Waals surface area (Å²) >= 11 is 0.